The number of benzene rings is 1. The number of nitrogens with zero attached hydrogens (tertiary/aromatic N) is 1. The molecule has 8 heteroatoms. The zero-order valence-electron chi connectivity index (χ0n) is 12.3. The summed E-state index contributed by atoms with van der Waals surface area (Å²) >= 11 is 0. The number of halogens is 3. The average Bonchev–Trinajstić information content (AvgIpc) is 2.40. The summed E-state index contributed by atoms with van der Waals surface area (Å²) in [5, 5.41) is 11.2. The van der Waals surface area contributed by atoms with Crippen LogP contribution in [-0.2, 0) is 9.59 Å². The van der Waals surface area contributed by atoms with Crippen LogP contribution in [-0.4, -0.2) is 41.0 Å². The van der Waals surface area contributed by atoms with E-state index in [1.165, 1.54) is 11.8 Å². The molecular weight excluding hydrogens is 318 g/mol. The van der Waals surface area contributed by atoms with E-state index in [1.807, 2.05) is 6.92 Å². The number of hydrogen-bond acceptors (Lipinski definition) is 3. The van der Waals surface area contributed by atoms with Crippen LogP contribution in [0.15, 0.2) is 18.2 Å². The van der Waals surface area contributed by atoms with Crippen molar-refractivity contribution in [1.29, 1.82) is 0 Å². The zero-order chi connectivity index (χ0) is 16.0. The largest absolute Gasteiger partial charge is 0.480 e. The first-order valence-electron chi connectivity index (χ1n) is 6.57. The van der Waals surface area contributed by atoms with Crippen molar-refractivity contribution in [3.8, 4) is 0 Å². The first-order valence-corrected chi connectivity index (χ1v) is 6.57. The molecule has 1 unspecified atom stereocenters. The van der Waals surface area contributed by atoms with Gasteiger partial charge in [-0.15, -0.1) is 12.4 Å². The molecule has 2 N–H and O–H groups in total. The Morgan fingerprint density at radius 2 is 2.00 bits per heavy atom. The first kappa shape index (κ1) is 20.3. The molecule has 22 heavy (non-hydrogen) atoms. The second-order valence-corrected chi connectivity index (χ2v) is 4.65. The molecule has 0 aliphatic heterocycles. The van der Waals surface area contributed by atoms with Crippen LogP contribution in [0.4, 0.5) is 14.5 Å². The smallest absolute Gasteiger partial charge is 0.317 e. The van der Waals surface area contributed by atoms with E-state index >= 15 is 0 Å². The van der Waals surface area contributed by atoms with Gasteiger partial charge in [-0.2, -0.15) is 0 Å². The highest BCUT2D eigenvalue weighted by Crippen LogP contribution is 2.16. The Morgan fingerprint density at radius 3 is 2.50 bits per heavy atom. The quantitative estimate of drug-likeness (QED) is 0.802. The predicted molar refractivity (Wildman–Crippen MR) is 81.2 cm³/mol. The third-order valence-corrected chi connectivity index (χ3v) is 2.97. The molecule has 5 nitrogen and oxygen atoms in total. The Labute approximate surface area is 133 Å². The van der Waals surface area contributed by atoms with Crippen LogP contribution in [0, 0.1) is 11.6 Å². The normalized spacial score (nSPS) is 11.7. The van der Waals surface area contributed by atoms with Gasteiger partial charge in [0.15, 0.2) is 0 Å². The molecule has 1 atom stereocenters. The second-order valence-electron chi connectivity index (χ2n) is 4.65. The van der Waals surface area contributed by atoms with E-state index in [1.54, 1.807) is 0 Å². The Balaban J connectivity index is 0.00000441. The van der Waals surface area contributed by atoms with Crippen molar-refractivity contribution in [1.82, 2.24) is 4.90 Å². The fraction of sp³-hybridized carbons (Fsp3) is 0.429. The molecule has 0 aliphatic rings. The Hall–Kier alpha value is -1.73. The number of carboxylic acids is 1. The molecule has 0 spiro atoms. The van der Waals surface area contributed by atoms with E-state index in [2.05, 4.69) is 5.32 Å². The Kier molecular flexibility index (Phi) is 8.59. The van der Waals surface area contributed by atoms with E-state index in [-0.39, 0.29) is 24.6 Å². The van der Waals surface area contributed by atoms with Crippen LogP contribution in [0.25, 0.3) is 0 Å². The van der Waals surface area contributed by atoms with Gasteiger partial charge in [0, 0.05) is 6.07 Å². The van der Waals surface area contributed by atoms with E-state index in [0.29, 0.717) is 19.0 Å². The topological polar surface area (TPSA) is 69.6 Å². The average molecular weight is 337 g/mol. The molecule has 1 aromatic rings. The standard InChI is InChI=1S/C14H18F2N2O3.ClH/c1-3-6-18(8-13(19)20)9(2)14(21)17-12-5-4-10(15)7-11(12)16;/h4-5,7,9H,3,6,8H2,1-2H3,(H,17,21)(H,19,20);1H. The molecular formula is C14H19ClF2N2O3. The molecule has 0 saturated carbocycles. The molecule has 1 aromatic carbocycles. The number of hydrogen-bond donors (Lipinski definition) is 2. The fourth-order valence-electron chi connectivity index (χ4n) is 1.86. The van der Waals surface area contributed by atoms with Crippen LogP contribution in [0.1, 0.15) is 20.3 Å². The Bertz CT molecular complexity index is 529. The SMILES string of the molecule is CCCN(CC(=O)O)C(C)C(=O)Nc1ccc(F)cc1F.Cl. The number of nitrogens with one attached hydrogen (secondary N) is 1. The molecule has 0 aliphatic carbocycles. The summed E-state index contributed by atoms with van der Waals surface area (Å²) in [6.45, 7) is 3.54. The maximum absolute atomic E-state index is 13.5. The van der Waals surface area contributed by atoms with Crippen LogP contribution >= 0.6 is 12.4 Å². The molecule has 0 radical (unpaired) electrons. The van der Waals surface area contributed by atoms with Gasteiger partial charge >= 0.3 is 5.97 Å². The van der Waals surface area contributed by atoms with Crippen molar-refractivity contribution in [2.24, 2.45) is 0 Å². The summed E-state index contributed by atoms with van der Waals surface area (Å²) < 4.78 is 26.3. The van der Waals surface area contributed by atoms with Crippen molar-refractivity contribution in [2.75, 3.05) is 18.4 Å². The maximum atomic E-state index is 13.5. The number of carboxylic acid groups (broad SMARTS) is 1. The molecule has 1 rings (SSSR count). The summed E-state index contributed by atoms with van der Waals surface area (Å²) in [5.41, 5.74) is -0.139. The van der Waals surface area contributed by atoms with Gasteiger partial charge < -0.3 is 10.4 Å². The summed E-state index contributed by atoms with van der Waals surface area (Å²) in [6.07, 6.45) is 0.676. The highest BCUT2D eigenvalue weighted by atomic mass is 35.5. The van der Waals surface area contributed by atoms with Gasteiger partial charge in [-0.3, -0.25) is 14.5 Å². The number of anilines is 1. The number of carbonyl (C=O) groups excluding carboxylic acids is 1. The lowest BCUT2D eigenvalue weighted by molar-refractivity contribution is -0.139. The zero-order valence-corrected chi connectivity index (χ0v) is 13.1. The van der Waals surface area contributed by atoms with Crippen LogP contribution < -0.4 is 5.32 Å². The maximum Gasteiger partial charge on any atom is 0.317 e. The summed E-state index contributed by atoms with van der Waals surface area (Å²) in [6, 6.07) is 2.08. The lowest BCUT2D eigenvalue weighted by Crippen LogP contribution is -2.45. The van der Waals surface area contributed by atoms with Gasteiger partial charge in [0.1, 0.15) is 11.6 Å². The fourth-order valence-corrected chi connectivity index (χ4v) is 1.86. The van der Waals surface area contributed by atoms with Crippen molar-refractivity contribution in [2.45, 2.75) is 26.3 Å². The highest BCUT2D eigenvalue weighted by molar-refractivity contribution is 5.94. The van der Waals surface area contributed by atoms with Gasteiger partial charge in [-0.25, -0.2) is 8.78 Å². The van der Waals surface area contributed by atoms with E-state index in [9.17, 15) is 18.4 Å². The summed E-state index contributed by atoms with van der Waals surface area (Å²) in [7, 11) is 0. The van der Waals surface area contributed by atoms with E-state index in [0.717, 1.165) is 12.1 Å². The second kappa shape index (κ2) is 9.32. The number of carbonyl (C=O) groups is 2. The molecule has 0 bridgehead atoms. The molecule has 124 valence electrons. The van der Waals surface area contributed by atoms with Crippen molar-refractivity contribution < 1.29 is 23.5 Å². The van der Waals surface area contributed by atoms with Crippen LogP contribution in [0.3, 0.4) is 0 Å². The molecule has 0 saturated heterocycles. The lowest BCUT2D eigenvalue weighted by atomic mass is 10.2. The predicted octanol–water partition coefficient (Wildman–Crippen LogP) is 2.51. The third-order valence-electron chi connectivity index (χ3n) is 2.97. The first-order chi connectivity index (χ1) is 9.85. The van der Waals surface area contributed by atoms with Gasteiger partial charge in [0.05, 0.1) is 18.3 Å². The van der Waals surface area contributed by atoms with Crippen molar-refractivity contribution >= 4 is 30.0 Å². The molecule has 0 aromatic heterocycles. The highest BCUT2D eigenvalue weighted by Gasteiger charge is 2.23. The van der Waals surface area contributed by atoms with E-state index < -0.39 is 29.6 Å². The molecule has 0 fully saturated rings. The van der Waals surface area contributed by atoms with Crippen LogP contribution in [0.5, 0.6) is 0 Å². The van der Waals surface area contributed by atoms with Gasteiger partial charge in [-0.1, -0.05) is 6.92 Å². The molecule has 0 heterocycles. The third kappa shape index (κ3) is 5.95. The van der Waals surface area contributed by atoms with Gasteiger partial charge in [0.2, 0.25) is 5.91 Å². The minimum absolute atomic E-state index is 0. The Morgan fingerprint density at radius 1 is 1.36 bits per heavy atom. The van der Waals surface area contributed by atoms with Crippen molar-refractivity contribution in [3.63, 3.8) is 0 Å². The van der Waals surface area contributed by atoms with E-state index in [4.69, 9.17) is 5.11 Å². The number of amides is 1. The summed E-state index contributed by atoms with van der Waals surface area (Å²) in [4.78, 5) is 24.3. The monoisotopic (exact) mass is 336 g/mol. The lowest BCUT2D eigenvalue weighted by Gasteiger charge is -2.26. The van der Waals surface area contributed by atoms with Crippen molar-refractivity contribution in [3.05, 3.63) is 29.8 Å². The number of rotatable bonds is 7. The minimum atomic E-state index is -1.05. The van der Waals surface area contributed by atoms with Gasteiger partial charge in [-0.05, 0) is 32.0 Å². The number of aliphatic carboxylic acids is 1. The van der Waals surface area contributed by atoms with Gasteiger partial charge in [0.25, 0.3) is 0 Å². The summed E-state index contributed by atoms with van der Waals surface area (Å²) in [5.74, 6) is -3.21. The van der Waals surface area contributed by atoms with Crippen LogP contribution in [0.2, 0.25) is 0 Å². The minimum Gasteiger partial charge on any atom is -0.480 e. The molecule has 1 amide bonds.